The van der Waals surface area contributed by atoms with Crippen LogP contribution in [0.2, 0.25) is 0 Å². The largest absolute Gasteiger partial charge is 0.323 e. The predicted molar refractivity (Wildman–Crippen MR) is 80.2 cm³/mol. The van der Waals surface area contributed by atoms with E-state index in [2.05, 4.69) is 0 Å². The molecule has 7 heteroatoms. The number of carbonyl (C=O) groups excluding carboxylic acids is 2. The average Bonchev–Trinajstić information content (AvgIpc) is 2.58. The highest BCUT2D eigenvalue weighted by atomic mass is 16.7. The number of rotatable bonds is 5. The van der Waals surface area contributed by atoms with Crippen molar-refractivity contribution in [2.45, 2.75) is 52.0 Å². The van der Waals surface area contributed by atoms with Gasteiger partial charge in [0, 0.05) is 26.2 Å². The van der Waals surface area contributed by atoms with Crippen LogP contribution in [0.5, 0.6) is 0 Å². The zero-order valence-electron chi connectivity index (χ0n) is 14.4. The molecule has 1 rings (SSSR count). The van der Waals surface area contributed by atoms with Crippen LogP contribution in [0, 0.1) is 0 Å². The van der Waals surface area contributed by atoms with Gasteiger partial charge in [-0.2, -0.15) is 5.06 Å². The molecule has 0 saturated carbocycles. The topological polar surface area (TPSA) is 56.3 Å². The van der Waals surface area contributed by atoms with Crippen molar-refractivity contribution in [3.05, 3.63) is 0 Å². The van der Waals surface area contributed by atoms with Gasteiger partial charge in [0.2, 0.25) is 6.41 Å². The predicted octanol–water partition coefficient (Wildman–Crippen LogP) is 1.17. The van der Waals surface area contributed by atoms with Crippen molar-refractivity contribution in [2.75, 3.05) is 27.7 Å². The van der Waals surface area contributed by atoms with Crippen LogP contribution < -0.4 is 0 Å². The van der Waals surface area contributed by atoms with Gasteiger partial charge in [-0.25, -0.2) is 4.79 Å². The summed E-state index contributed by atoms with van der Waals surface area (Å²) >= 11 is 0. The lowest BCUT2D eigenvalue weighted by molar-refractivity contribution is -0.215. The van der Waals surface area contributed by atoms with Gasteiger partial charge in [-0.05, 0) is 34.6 Å². The highest BCUT2D eigenvalue weighted by Gasteiger charge is 2.59. The molecule has 0 radical (unpaired) electrons. The van der Waals surface area contributed by atoms with Crippen LogP contribution in [0.15, 0.2) is 0 Å². The van der Waals surface area contributed by atoms with Gasteiger partial charge < -0.3 is 19.5 Å². The molecule has 0 spiro atoms. The Morgan fingerprint density at radius 1 is 1.43 bits per heavy atom. The molecule has 1 heterocycles. The van der Waals surface area contributed by atoms with E-state index in [-0.39, 0.29) is 6.03 Å². The summed E-state index contributed by atoms with van der Waals surface area (Å²) in [5.74, 6) is 0. The number of carbonyl (C=O) groups is 2. The Morgan fingerprint density at radius 2 is 1.95 bits per heavy atom. The molecule has 0 aromatic heterocycles. The maximum atomic E-state index is 12.6. The molecule has 2 atom stereocenters. The van der Waals surface area contributed by atoms with Crippen molar-refractivity contribution in [3.63, 3.8) is 0 Å². The monoisotopic (exact) mass is 300 g/mol. The normalized spacial score (nSPS) is 26.7. The second kappa shape index (κ2) is 5.81. The summed E-state index contributed by atoms with van der Waals surface area (Å²) in [7, 11) is 5.04. The lowest BCUT2D eigenvalue weighted by atomic mass is 9.97. The Morgan fingerprint density at radius 3 is 2.29 bits per heavy atom. The fourth-order valence-electron chi connectivity index (χ4n) is 3.14. The zero-order valence-corrected chi connectivity index (χ0v) is 14.4. The van der Waals surface area contributed by atoms with Crippen molar-refractivity contribution >= 4 is 12.4 Å². The molecule has 0 aliphatic carbocycles. The van der Waals surface area contributed by atoms with Gasteiger partial charge >= 0.3 is 6.03 Å². The molecule has 1 saturated heterocycles. The molecule has 2 unspecified atom stereocenters. The van der Waals surface area contributed by atoms with Crippen LogP contribution in [0.4, 0.5) is 4.79 Å². The summed E-state index contributed by atoms with van der Waals surface area (Å²) in [6.07, 6.45) is 0.411. The summed E-state index contributed by atoms with van der Waals surface area (Å²) < 4.78 is 0. The molecule has 0 aromatic rings. The van der Waals surface area contributed by atoms with E-state index in [1.807, 2.05) is 34.6 Å². The highest BCUT2D eigenvalue weighted by Crippen LogP contribution is 2.38. The minimum Gasteiger partial charge on any atom is -0.314 e. The Balaban J connectivity index is 3.45. The minimum atomic E-state index is -0.835. The number of likely N-dealkylation sites (N-methyl/N-ethyl adjacent to an activating group) is 3. The fourth-order valence-corrected chi connectivity index (χ4v) is 3.14. The molecule has 122 valence electrons. The summed E-state index contributed by atoms with van der Waals surface area (Å²) in [5.41, 5.74) is -1.26. The summed E-state index contributed by atoms with van der Waals surface area (Å²) in [5, 5.41) is 1.62. The number of hydrogen-bond acceptors (Lipinski definition) is 4. The third-order valence-corrected chi connectivity index (χ3v) is 4.28. The maximum absolute atomic E-state index is 12.6. The maximum Gasteiger partial charge on any atom is 0.323 e. The molecule has 0 bridgehead atoms. The molecular weight excluding hydrogens is 272 g/mol. The van der Waals surface area contributed by atoms with E-state index < -0.39 is 17.4 Å². The van der Waals surface area contributed by atoms with Gasteiger partial charge in [-0.15, -0.1) is 0 Å². The van der Waals surface area contributed by atoms with E-state index >= 15 is 0 Å². The number of nitrogens with zero attached hydrogens (tertiary/aromatic N) is 4. The molecule has 21 heavy (non-hydrogen) atoms. The lowest BCUT2D eigenvalue weighted by Crippen LogP contribution is -2.68. The molecule has 0 aromatic carbocycles. The summed E-state index contributed by atoms with van der Waals surface area (Å²) in [6, 6.07) is -0.120. The van der Waals surface area contributed by atoms with E-state index in [1.54, 1.807) is 41.0 Å². The number of urea groups is 1. The van der Waals surface area contributed by atoms with E-state index in [0.717, 1.165) is 6.41 Å². The van der Waals surface area contributed by atoms with E-state index in [4.69, 9.17) is 4.84 Å². The number of hydroxylamine groups is 2. The first kappa shape index (κ1) is 17.7. The Hall–Kier alpha value is -1.34. The first-order valence-electron chi connectivity index (χ1n) is 7.13. The van der Waals surface area contributed by atoms with E-state index in [9.17, 15) is 9.59 Å². The van der Waals surface area contributed by atoms with Crippen molar-refractivity contribution < 1.29 is 14.4 Å². The lowest BCUT2D eigenvalue weighted by Gasteiger charge is -2.51. The number of amides is 3. The van der Waals surface area contributed by atoms with Crippen molar-refractivity contribution in [3.8, 4) is 0 Å². The molecule has 7 nitrogen and oxygen atoms in total. The van der Waals surface area contributed by atoms with Crippen molar-refractivity contribution in [2.24, 2.45) is 0 Å². The summed E-state index contributed by atoms with van der Waals surface area (Å²) in [6.45, 7) is 10.2. The second-order valence-corrected chi connectivity index (χ2v) is 6.47. The Bertz CT molecular complexity index is 410. The van der Waals surface area contributed by atoms with Crippen LogP contribution in [0.25, 0.3) is 0 Å². The smallest absolute Gasteiger partial charge is 0.314 e. The van der Waals surface area contributed by atoms with Crippen LogP contribution in [-0.2, 0) is 9.63 Å². The van der Waals surface area contributed by atoms with Crippen LogP contribution in [0.1, 0.15) is 34.6 Å². The van der Waals surface area contributed by atoms with Crippen molar-refractivity contribution in [1.82, 2.24) is 19.8 Å². The standard InChI is InChI=1S/C14H28N4O3/c1-9-17-11(16(7)21-8)14(5,15(6)12(17)20)18(10-19)13(2,3)4/h10-11H,9H2,1-8H3. The van der Waals surface area contributed by atoms with Gasteiger partial charge in [0.15, 0.2) is 11.8 Å². The van der Waals surface area contributed by atoms with Crippen LogP contribution >= 0.6 is 0 Å². The highest BCUT2D eigenvalue weighted by molar-refractivity contribution is 5.79. The Kier molecular flexibility index (Phi) is 4.90. The van der Waals surface area contributed by atoms with Crippen LogP contribution in [0.3, 0.4) is 0 Å². The van der Waals surface area contributed by atoms with Gasteiger partial charge in [0.05, 0.1) is 7.11 Å². The molecule has 1 aliphatic heterocycles. The Labute approximate surface area is 127 Å². The van der Waals surface area contributed by atoms with Gasteiger partial charge in [-0.1, -0.05) is 0 Å². The SMILES string of the molecule is CCN1C(=O)N(C)C(C)(N(C=O)C(C)(C)C)C1N(C)OC. The molecule has 0 N–H and O–H groups in total. The molecule has 1 fully saturated rings. The van der Waals surface area contributed by atoms with E-state index in [0.29, 0.717) is 6.54 Å². The van der Waals surface area contributed by atoms with Crippen LogP contribution in [-0.4, -0.2) is 77.3 Å². The first-order valence-corrected chi connectivity index (χ1v) is 7.13. The van der Waals surface area contributed by atoms with Gasteiger partial charge in [0.25, 0.3) is 0 Å². The third-order valence-electron chi connectivity index (χ3n) is 4.28. The third kappa shape index (κ3) is 2.60. The zero-order chi connectivity index (χ0) is 16.6. The minimum absolute atomic E-state index is 0.120. The molecular formula is C14H28N4O3. The fraction of sp³-hybridized carbons (Fsp3) is 0.857. The quantitative estimate of drug-likeness (QED) is 0.565. The molecule has 1 aliphatic rings. The molecule has 3 amide bonds. The summed E-state index contributed by atoms with van der Waals surface area (Å²) in [4.78, 5) is 34.6. The number of hydrogen-bond donors (Lipinski definition) is 0. The second-order valence-electron chi connectivity index (χ2n) is 6.47. The first-order chi connectivity index (χ1) is 9.57. The average molecular weight is 300 g/mol. The van der Waals surface area contributed by atoms with Crippen molar-refractivity contribution in [1.29, 1.82) is 0 Å². The van der Waals surface area contributed by atoms with E-state index in [1.165, 1.54) is 0 Å². The van der Waals surface area contributed by atoms with Gasteiger partial charge in [0.1, 0.15) is 0 Å². The van der Waals surface area contributed by atoms with Gasteiger partial charge in [-0.3, -0.25) is 4.79 Å².